The first-order chi connectivity index (χ1) is 6.57. The van der Waals surface area contributed by atoms with Gasteiger partial charge in [0.2, 0.25) is 0 Å². The van der Waals surface area contributed by atoms with Crippen molar-refractivity contribution in [3.63, 3.8) is 0 Å². The molecule has 1 aliphatic heterocycles. The van der Waals surface area contributed by atoms with Gasteiger partial charge in [-0.1, -0.05) is 0 Å². The molecule has 0 atom stereocenters. The third-order valence-corrected chi connectivity index (χ3v) is 3.19. The largest absolute Gasteiger partial charge is 0.359 e. The number of anilines is 2. The summed E-state index contributed by atoms with van der Waals surface area (Å²) in [6.45, 7) is 0. The van der Waals surface area contributed by atoms with Crippen molar-refractivity contribution >= 4 is 31.1 Å². The number of fused-ring (bicyclic) bond motifs is 1. The average molecular weight is 231 g/mol. The molecule has 74 valence electrons. The predicted molar refractivity (Wildman–Crippen MR) is 55.9 cm³/mol. The Bertz CT molecular complexity index is 496. The molecular formula is C8H7ClN2O2S. The van der Waals surface area contributed by atoms with Gasteiger partial charge in [-0.2, -0.15) is 0 Å². The van der Waals surface area contributed by atoms with Crippen LogP contribution in [0.2, 0.25) is 0 Å². The fourth-order valence-electron chi connectivity index (χ4n) is 1.18. The zero-order valence-corrected chi connectivity index (χ0v) is 8.56. The first-order valence-electron chi connectivity index (χ1n) is 3.84. The molecule has 0 saturated carbocycles. The predicted octanol–water partition coefficient (Wildman–Crippen LogP) is 1.92. The normalized spacial score (nSPS) is 14.1. The number of nitrogens with one attached hydrogen (secondary N) is 2. The minimum Gasteiger partial charge on any atom is -0.359 e. The Morgan fingerprint density at radius 2 is 1.71 bits per heavy atom. The molecule has 1 heterocycles. The van der Waals surface area contributed by atoms with E-state index in [-0.39, 0.29) is 4.90 Å². The Labute approximate surface area is 86.0 Å². The van der Waals surface area contributed by atoms with Crippen LogP contribution in [0.1, 0.15) is 0 Å². The Balaban J connectivity index is 2.52. The summed E-state index contributed by atoms with van der Waals surface area (Å²) in [7, 11) is 1.55. The highest BCUT2D eigenvalue weighted by Gasteiger charge is 2.13. The van der Waals surface area contributed by atoms with Crippen molar-refractivity contribution in [1.82, 2.24) is 0 Å². The van der Waals surface area contributed by atoms with Crippen LogP contribution in [0.25, 0.3) is 0 Å². The summed E-state index contributed by atoms with van der Waals surface area (Å²) in [5, 5.41) is 5.87. The van der Waals surface area contributed by atoms with E-state index in [9.17, 15) is 8.42 Å². The highest BCUT2D eigenvalue weighted by molar-refractivity contribution is 8.13. The molecule has 0 unspecified atom stereocenters. The number of rotatable bonds is 1. The third-order valence-electron chi connectivity index (χ3n) is 1.83. The minimum atomic E-state index is -3.66. The van der Waals surface area contributed by atoms with Crippen LogP contribution in [0.5, 0.6) is 0 Å². The van der Waals surface area contributed by atoms with Gasteiger partial charge in [-0.3, -0.25) is 0 Å². The van der Waals surface area contributed by atoms with Crippen molar-refractivity contribution < 1.29 is 8.42 Å². The van der Waals surface area contributed by atoms with Gasteiger partial charge in [0, 0.05) is 23.1 Å². The summed E-state index contributed by atoms with van der Waals surface area (Å²) in [4.78, 5) is 0.0857. The number of halogens is 1. The first kappa shape index (κ1) is 9.36. The molecular weight excluding hydrogens is 224 g/mol. The van der Waals surface area contributed by atoms with Gasteiger partial charge in [0.05, 0.1) is 16.3 Å². The van der Waals surface area contributed by atoms with Crippen LogP contribution in [-0.4, -0.2) is 8.42 Å². The maximum atomic E-state index is 11.0. The molecule has 0 aromatic heterocycles. The van der Waals surface area contributed by atoms with Gasteiger partial charge in [-0.25, -0.2) is 8.42 Å². The summed E-state index contributed by atoms with van der Waals surface area (Å²) >= 11 is 0. The third kappa shape index (κ3) is 1.69. The summed E-state index contributed by atoms with van der Waals surface area (Å²) in [6, 6.07) is 4.59. The van der Waals surface area contributed by atoms with Gasteiger partial charge in [-0.05, 0) is 18.2 Å². The molecule has 0 fully saturated rings. The zero-order valence-electron chi connectivity index (χ0n) is 6.99. The van der Waals surface area contributed by atoms with Gasteiger partial charge < -0.3 is 10.6 Å². The van der Waals surface area contributed by atoms with E-state index in [0.29, 0.717) is 5.69 Å². The van der Waals surface area contributed by atoms with Crippen LogP contribution in [0.4, 0.5) is 11.4 Å². The summed E-state index contributed by atoms with van der Waals surface area (Å²) < 4.78 is 22.0. The lowest BCUT2D eigenvalue weighted by atomic mass is 10.2. The van der Waals surface area contributed by atoms with Crippen molar-refractivity contribution in [2.45, 2.75) is 4.90 Å². The van der Waals surface area contributed by atoms with E-state index in [2.05, 4.69) is 10.6 Å². The van der Waals surface area contributed by atoms with Crippen molar-refractivity contribution in [2.24, 2.45) is 0 Å². The van der Waals surface area contributed by atoms with Gasteiger partial charge >= 0.3 is 0 Å². The molecule has 1 aromatic rings. The molecule has 14 heavy (non-hydrogen) atoms. The van der Waals surface area contributed by atoms with Gasteiger partial charge in [-0.15, -0.1) is 0 Å². The second kappa shape index (κ2) is 3.18. The van der Waals surface area contributed by atoms with Gasteiger partial charge in [0.15, 0.2) is 0 Å². The number of hydrogen-bond donors (Lipinski definition) is 2. The SMILES string of the molecule is O=S(=O)(Cl)c1ccc2c(c1)NC=CN2. The molecule has 0 amide bonds. The van der Waals surface area contributed by atoms with Crippen LogP contribution in [0.3, 0.4) is 0 Å². The summed E-state index contributed by atoms with van der Waals surface area (Å²) in [6.07, 6.45) is 3.39. The minimum absolute atomic E-state index is 0.0857. The number of benzene rings is 1. The monoisotopic (exact) mass is 230 g/mol. The molecule has 2 rings (SSSR count). The van der Waals surface area contributed by atoms with Crippen molar-refractivity contribution in [1.29, 1.82) is 0 Å². The topological polar surface area (TPSA) is 58.2 Å². The van der Waals surface area contributed by atoms with Gasteiger partial charge in [0.25, 0.3) is 9.05 Å². The molecule has 4 nitrogen and oxygen atoms in total. The van der Waals surface area contributed by atoms with E-state index in [1.165, 1.54) is 12.1 Å². The maximum absolute atomic E-state index is 11.0. The van der Waals surface area contributed by atoms with Crippen molar-refractivity contribution in [2.75, 3.05) is 10.6 Å². The molecule has 2 N–H and O–H groups in total. The highest BCUT2D eigenvalue weighted by atomic mass is 35.7. The Morgan fingerprint density at radius 3 is 2.36 bits per heavy atom. The molecule has 0 aliphatic carbocycles. The van der Waals surface area contributed by atoms with E-state index in [4.69, 9.17) is 10.7 Å². The van der Waals surface area contributed by atoms with E-state index >= 15 is 0 Å². The second-order valence-corrected chi connectivity index (χ2v) is 5.33. The smallest absolute Gasteiger partial charge is 0.261 e. The molecule has 1 aliphatic rings. The lowest BCUT2D eigenvalue weighted by Crippen LogP contribution is -2.03. The maximum Gasteiger partial charge on any atom is 0.261 e. The zero-order chi connectivity index (χ0) is 10.2. The standard InChI is InChI=1S/C8H7ClN2O2S/c9-14(12,13)6-1-2-7-8(5-6)11-4-3-10-7/h1-5,10-11H. The summed E-state index contributed by atoms with van der Waals surface area (Å²) in [5.41, 5.74) is 1.51. The molecule has 6 heteroatoms. The molecule has 1 aromatic carbocycles. The summed E-state index contributed by atoms with van der Waals surface area (Å²) in [5.74, 6) is 0. The van der Waals surface area contributed by atoms with Crippen molar-refractivity contribution in [3.05, 3.63) is 30.6 Å². The fourth-order valence-corrected chi connectivity index (χ4v) is 1.96. The van der Waals surface area contributed by atoms with Crippen molar-refractivity contribution in [3.8, 4) is 0 Å². The quantitative estimate of drug-likeness (QED) is 0.724. The van der Waals surface area contributed by atoms with E-state index in [1.807, 2.05) is 0 Å². The Morgan fingerprint density at radius 1 is 1.07 bits per heavy atom. The Hall–Kier alpha value is -1.20. The van der Waals surface area contributed by atoms with Crippen LogP contribution in [-0.2, 0) is 9.05 Å². The number of hydrogen-bond acceptors (Lipinski definition) is 4. The molecule has 0 bridgehead atoms. The van der Waals surface area contributed by atoms with E-state index < -0.39 is 9.05 Å². The average Bonchev–Trinajstić information content (AvgIpc) is 2.16. The van der Waals surface area contributed by atoms with Crippen LogP contribution < -0.4 is 10.6 Å². The van der Waals surface area contributed by atoms with E-state index in [0.717, 1.165) is 5.69 Å². The lowest BCUT2D eigenvalue weighted by molar-refractivity contribution is 0.609. The first-order valence-corrected chi connectivity index (χ1v) is 6.15. The van der Waals surface area contributed by atoms with Gasteiger partial charge in [0.1, 0.15) is 0 Å². The Kier molecular flexibility index (Phi) is 2.13. The van der Waals surface area contributed by atoms with E-state index in [1.54, 1.807) is 18.5 Å². The molecule has 0 saturated heterocycles. The fraction of sp³-hybridized carbons (Fsp3) is 0. The van der Waals surface area contributed by atoms with Crippen LogP contribution in [0, 0.1) is 0 Å². The van der Waals surface area contributed by atoms with Crippen LogP contribution >= 0.6 is 10.7 Å². The highest BCUT2D eigenvalue weighted by Crippen LogP contribution is 2.28. The molecule has 0 spiro atoms. The second-order valence-electron chi connectivity index (χ2n) is 2.77. The molecule has 0 radical (unpaired) electrons. The lowest BCUT2D eigenvalue weighted by Gasteiger charge is -2.14. The van der Waals surface area contributed by atoms with Crippen LogP contribution in [0.15, 0.2) is 35.5 Å².